The van der Waals surface area contributed by atoms with E-state index in [4.69, 9.17) is 20.9 Å². The van der Waals surface area contributed by atoms with E-state index in [2.05, 4.69) is 26.0 Å². The van der Waals surface area contributed by atoms with Gasteiger partial charge >= 0.3 is 0 Å². The van der Waals surface area contributed by atoms with Crippen LogP contribution in [0.1, 0.15) is 116 Å². The summed E-state index contributed by atoms with van der Waals surface area (Å²) in [5.74, 6) is 1.91. The van der Waals surface area contributed by atoms with Crippen molar-refractivity contribution in [1.29, 1.82) is 0 Å². The molecule has 0 radical (unpaired) electrons. The van der Waals surface area contributed by atoms with E-state index in [1.807, 2.05) is 13.8 Å². The number of rotatable bonds is 20. The molecule has 0 heterocycles. The Morgan fingerprint density at radius 2 is 0.938 bits per heavy atom. The van der Waals surface area contributed by atoms with Crippen LogP contribution in [0.4, 0.5) is 0 Å². The molecule has 2 atom stereocenters. The topological polar surface area (TPSA) is 70.5 Å². The van der Waals surface area contributed by atoms with Crippen LogP contribution in [-0.4, -0.2) is 25.3 Å². The molecule has 0 aromatic heterocycles. The van der Waals surface area contributed by atoms with Crippen molar-refractivity contribution < 1.29 is 9.47 Å². The largest absolute Gasteiger partial charge is 0.493 e. The Kier molecular flexibility index (Phi) is 16.4. The monoisotopic (exact) mass is 448 g/mol. The lowest BCUT2D eigenvalue weighted by atomic mass is 9.99. The zero-order chi connectivity index (χ0) is 23.6. The minimum atomic E-state index is 0.0806. The average Bonchev–Trinajstić information content (AvgIpc) is 2.74. The number of hydrogen-bond donors (Lipinski definition) is 2. The van der Waals surface area contributed by atoms with Crippen molar-refractivity contribution in [3.63, 3.8) is 0 Å². The molecule has 1 aromatic carbocycles. The third-order valence-electron chi connectivity index (χ3n) is 5.84. The predicted molar refractivity (Wildman–Crippen MR) is 139 cm³/mol. The van der Waals surface area contributed by atoms with E-state index >= 15 is 0 Å². The summed E-state index contributed by atoms with van der Waals surface area (Å²) in [4.78, 5) is 0. The summed E-state index contributed by atoms with van der Waals surface area (Å²) in [7, 11) is 0. The van der Waals surface area contributed by atoms with Gasteiger partial charge in [0.15, 0.2) is 0 Å². The maximum atomic E-state index is 6.25. The summed E-state index contributed by atoms with van der Waals surface area (Å²) in [5, 5.41) is 0. The Morgan fingerprint density at radius 1 is 0.594 bits per heavy atom. The van der Waals surface area contributed by atoms with Crippen LogP contribution in [0.5, 0.6) is 11.5 Å². The maximum Gasteiger partial charge on any atom is 0.123 e. The van der Waals surface area contributed by atoms with Crippen molar-refractivity contribution in [3.8, 4) is 11.5 Å². The van der Waals surface area contributed by atoms with E-state index in [1.54, 1.807) is 0 Å². The summed E-state index contributed by atoms with van der Waals surface area (Å²) in [6, 6.07) is 4.48. The van der Waals surface area contributed by atoms with Crippen LogP contribution >= 0.6 is 0 Å². The molecule has 186 valence electrons. The Bertz CT molecular complexity index is 535. The Labute approximate surface area is 198 Å². The summed E-state index contributed by atoms with van der Waals surface area (Å²) < 4.78 is 12.5. The normalized spacial score (nSPS) is 13.2. The minimum absolute atomic E-state index is 0.0806. The van der Waals surface area contributed by atoms with E-state index < -0.39 is 0 Å². The third-order valence-corrected chi connectivity index (χ3v) is 5.84. The van der Waals surface area contributed by atoms with Gasteiger partial charge in [0.05, 0.1) is 13.2 Å². The van der Waals surface area contributed by atoms with E-state index in [0.717, 1.165) is 61.5 Å². The van der Waals surface area contributed by atoms with Gasteiger partial charge in [0, 0.05) is 12.1 Å². The highest BCUT2D eigenvalue weighted by atomic mass is 16.5. The molecular formula is C28H52N2O2. The summed E-state index contributed by atoms with van der Waals surface area (Å²) in [6.45, 7) is 10.1. The molecular weight excluding hydrogens is 396 g/mol. The number of ether oxygens (including phenoxy) is 2. The maximum absolute atomic E-state index is 6.25. The van der Waals surface area contributed by atoms with E-state index in [9.17, 15) is 0 Å². The van der Waals surface area contributed by atoms with Crippen molar-refractivity contribution in [2.75, 3.05) is 13.2 Å². The smallest absolute Gasteiger partial charge is 0.123 e. The van der Waals surface area contributed by atoms with Crippen LogP contribution in [0.3, 0.4) is 0 Å². The van der Waals surface area contributed by atoms with Gasteiger partial charge in [-0.25, -0.2) is 0 Å². The van der Waals surface area contributed by atoms with E-state index in [1.165, 1.54) is 64.2 Å². The second-order valence-corrected chi connectivity index (χ2v) is 9.66. The summed E-state index contributed by atoms with van der Waals surface area (Å²) in [5.41, 5.74) is 14.6. The first kappa shape index (κ1) is 28.8. The highest BCUT2D eigenvalue weighted by molar-refractivity contribution is 5.47. The van der Waals surface area contributed by atoms with Gasteiger partial charge in [0.25, 0.3) is 0 Å². The molecule has 0 amide bonds. The van der Waals surface area contributed by atoms with Gasteiger partial charge in [-0.15, -0.1) is 0 Å². The average molecular weight is 449 g/mol. The van der Waals surface area contributed by atoms with Gasteiger partial charge in [-0.1, -0.05) is 78.1 Å². The van der Waals surface area contributed by atoms with Crippen LogP contribution in [0.2, 0.25) is 0 Å². The lowest BCUT2D eigenvalue weighted by Crippen LogP contribution is -2.20. The minimum Gasteiger partial charge on any atom is -0.493 e. The molecule has 1 rings (SSSR count). The fourth-order valence-corrected chi connectivity index (χ4v) is 4.05. The highest BCUT2D eigenvalue weighted by Gasteiger charge is 2.15. The highest BCUT2D eigenvalue weighted by Crippen LogP contribution is 2.31. The van der Waals surface area contributed by atoms with Gasteiger partial charge in [0.2, 0.25) is 0 Å². The zero-order valence-corrected chi connectivity index (χ0v) is 21.6. The lowest BCUT2D eigenvalue weighted by Gasteiger charge is -2.20. The first-order valence-corrected chi connectivity index (χ1v) is 13.4. The Morgan fingerprint density at radius 3 is 1.28 bits per heavy atom. The second kappa shape index (κ2) is 18.2. The van der Waals surface area contributed by atoms with Crippen molar-refractivity contribution in [2.45, 2.75) is 130 Å². The fraction of sp³-hybridized carbons (Fsp3) is 0.786. The van der Waals surface area contributed by atoms with Crippen molar-refractivity contribution in [3.05, 3.63) is 23.3 Å². The fourth-order valence-electron chi connectivity index (χ4n) is 4.05. The Hall–Kier alpha value is -1.26. The first-order chi connectivity index (χ1) is 15.5. The summed E-state index contributed by atoms with van der Waals surface area (Å²) in [6.07, 6.45) is 16.7. The van der Waals surface area contributed by atoms with Gasteiger partial charge in [0.1, 0.15) is 11.5 Å². The molecule has 4 heteroatoms. The van der Waals surface area contributed by atoms with Gasteiger partial charge in [-0.3, -0.25) is 0 Å². The van der Waals surface area contributed by atoms with Gasteiger partial charge in [-0.2, -0.15) is 0 Å². The number of hydrogen-bond acceptors (Lipinski definition) is 4. The standard InChI is InChI=1S/C28H52N2O2/c1-5-7-9-11-13-15-17-31-27-21-26(20-24(4)30)28(22-25(27)19-23(3)29)32-18-16-14-12-10-8-6-2/h21-24H,5-20,29-30H2,1-4H3. The number of unbranched alkanes of at least 4 members (excludes halogenated alkanes) is 10. The molecule has 0 saturated heterocycles. The van der Waals surface area contributed by atoms with Crippen LogP contribution in [0.25, 0.3) is 0 Å². The molecule has 1 aromatic rings. The second-order valence-electron chi connectivity index (χ2n) is 9.66. The summed E-state index contributed by atoms with van der Waals surface area (Å²) >= 11 is 0. The molecule has 0 aliphatic heterocycles. The van der Waals surface area contributed by atoms with Gasteiger partial charge in [-0.05, 0) is 62.8 Å². The van der Waals surface area contributed by atoms with Crippen molar-refractivity contribution >= 4 is 0 Å². The first-order valence-electron chi connectivity index (χ1n) is 13.4. The molecule has 4 N–H and O–H groups in total. The molecule has 0 fully saturated rings. The molecule has 0 aliphatic carbocycles. The van der Waals surface area contributed by atoms with Gasteiger partial charge < -0.3 is 20.9 Å². The van der Waals surface area contributed by atoms with Crippen molar-refractivity contribution in [1.82, 2.24) is 0 Å². The Balaban J connectivity index is 2.75. The quantitative estimate of drug-likeness (QED) is 0.212. The molecule has 0 spiro atoms. The van der Waals surface area contributed by atoms with E-state index in [0.29, 0.717) is 0 Å². The van der Waals surface area contributed by atoms with Crippen molar-refractivity contribution in [2.24, 2.45) is 11.5 Å². The number of nitrogens with two attached hydrogens (primary N) is 2. The zero-order valence-electron chi connectivity index (χ0n) is 21.6. The van der Waals surface area contributed by atoms with Crippen LogP contribution in [0.15, 0.2) is 12.1 Å². The van der Waals surface area contributed by atoms with E-state index in [-0.39, 0.29) is 12.1 Å². The molecule has 0 saturated carbocycles. The number of benzene rings is 1. The molecule has 4 nitrogen and oxygen atoms in total. The van der Waals surface area contributed by atoms with Crippen LogP contribution in [-0.2, 0) is 12.8 Å². The van der Waals surface area contributed by atoms with Crippen LogP contribution < -0.4 is 20.9 Å². The molecule has 0 aliphatic rings. The lowest BCUT2D eigenvalue weighted by molar-refractivity contribution is 0.290. The molecule has 0 bridgehead atoms. The molecule has 2 unspecified atom stereocenters. The molecule has 32 heavy (non-hydrogen) atoms. The SMILES string of the molecule is CCCCCCCCOc1cc(CC(C)N)c(OCCCCCCCC)cc1CC(C)N. The predicted octanol–water partition coefficient (Wildman–Crippen LogP) is 6.94. The van der Waals surface area contributed by atoms with Crippen LogP contribution in [0, 0.1) is 0 Å². The third kappa shape index (κ3) is 13.3.